The Kier molecular flexibility index (Phi) is 8.11. The second-order valence-corrected chi connectivity index (χ2v) is 5.84. The third kappa shape index (κ3) is 7.65. The van der Waals surface area contributed by atoms with Gasteiger partial charge in [0.2, 0.25) is 5.91 Å². The zero-order chi connectivity index (χ0) is 17.2. The Morgan fingerprint density at radius 1 is 1.26 bits per heavy atom. The van der Waals surface area contributed by atoms with Gasteiger partial charge < -0.3 is 21.1 Å². The number of carbonyl (C=O) groups excluding carboxylic acids is 2. The second-order valence-electron chi connectivity index (χ2n) is 5.84. The van der Waals surface area contributed by atoms with Crippen LogP contribution in [0.5, 0.6) is 5.75 Å². The quantitative estimate of drug-likeness (QED) is 0.637. The molecule has 6 nitrogen and oxygen atoms in total. The monoisotopic (exact) mass is 321 g/mol. The predicted molar refractivity (Wildman–Crippen MR) is 89.9 cm³/mol. The molecule has 0 unspecified atom stereocenters. The summed E-state index contributed by atoms with van der Waals surface area (Å²) in [6, 6.07) is 6.78. The largest absolute Gasteiger partial charge is 0.484 e. The lowest BCUT2D eigenvalue weighted by atomic mass is 10.0. The lowest BCUT2D eigenvalue weighted by Gasteiger charge is -2.14. The molecule has 0 saturated heterocycles. The molecule has 4 N–H and O–H groups in total. The molecule has 0 bridgehead atoms. The molecule has 0 aromatic heterocycles. The molecule has 0 saturated carbocycles. The average molecular weight is 321 g/mol. The Hall–Kier alpha value is -2.08. The van der Waals surface area contributed by atoms with Crippen molar-refractivity contribution in [1.82, 2.24) is 10.6 Å². The van der Waals surface area contributed by atoms with Crippen molar-refractivity contribution in [2.45, 2.75) is 39.8 Å². The Labute approximate surface area is 137 Å². The van der Waals surface area contributed by atoms with Crippen molar-refractivity contribution in [3.05, 3.63) is 29.8 Å². The number of carbonyl (C=O) groups is 2. The van der Waals surface area contributed by atoms with E-state index in [1.165, 1.54) is 0 Å². The number of likely N-dealkylation sites (N-methyl/N-ethyl adjacent to an activating group) is 1. The predicted octanol–water partition coefficient (Wildman–Crippen LogP) is 1.19. The van der Waals surface area contributed by atoms with E-state index < -0.39 is 6.04 Å². The lowest BCUT2D eigenvalue weighted by molar-refractivity contribution is -0.123. The molecule has 0 aliphatic heterocycles. The van der Waals surface area contributed by atoms with Crippen LogP contribution in [0.3, 0.4) is 0 Å². The first-order valence-corrected chi connectivity index (χ1v) is 7.94. The molecule has 2 amide bonds. The first-order valence-electron chi connectivity index (χ1n) is 7.94. The summed E-state index contributed by atoms with van der Waals surface area (Å²) in [5.74, 6) is 0.648. The minimum absolute atomic E-state index is 0.0249. The van der Waals surface area contributed by atoms with E-state index in [2.05, 4.69) is 10.6 Å². The van der Waals surface area contributed by atoms with Crippen LogP contribution in [-0.2, 0) is 16.1 Å². The van der Waals surface area contributed by atoms with Gasteiger partial charge in [-0.3, -0.25) is 9.59 Å². The van der Waals surface area contributed by atoms with E-state index in [1.54, 1.807) is 12.1 Å². The van der Waals surface area contributed by atoms with Gasteiger partial charge in [0.25, 0.3) is 5.91 Å². The van der Waals surface area contributed by atoms with Crippen molar-refractivity contribution >= 4 is 11.8 Å². The second kappa shape index (κ2) is 9.84. The standard InChI is InChI=1S/C17H27N3O3/c1-4-19-16(21)11-23-14-7-5-6-13(9-14)10-20-17(22)15(18)8-12(2)3/h5-7,9,12,15H,4,8,10-11,18H2,1-3H3,(H,19,21)(H,20,22)/t15-/m0/s1. The van der Waals surface area contributed by atoms with Crippen LogP contribution in [0, 0.1) is 5.92 Å². The summed E-state index contributed by atoms with van der Waals surface area (Å²) in [5, 5.41) is 5.48. The fourth-order valence-corrected chi connectivity index (χ4v) is 2.08. The van der Waals surface area contributed by atoms with Crippen molar-refractivity contribution in [2.75, 3.05) is 13.2 Å². The van der Waals surface area contributed by atoms with Crippen molar-refractivity contribution < 1.29 is 14.3 Å². The first-order chi connectivity index (χ1) is 10.9. The molecule has 0 radical (unpaired) electrons. The molecule has 0 aliphatic rings. The number of ether oxygens (including phenoxy) is 1. The Bertz CT molecular complexity index is 518. The van der Waals surface area contributed by atoms with Crippen LogP contribution in [0.2, 0.25) is 0 Å². The van der Waals surface area contributed by atoms with Gasteiger partial charge in [-0.05, 0) is 37.0 Å². The zero-order valence-corrected chi connectivity index (χ0v) is 14.1. The SMILES string of the molecule is CCNC(=O)COc1cccc(CNC(=O)[C@@H](N)CC(C)C)c1. The maximum Gasteiger partial charge on any atom is 0.257 e. The summed E-state index contributed by atoms with van der Waals surface area (Å²) in [6.07, 6.45) is 0.654. The van der Waals surface area contributed by atoms with E-state index in [0.29, 0.717) is 31.2 Å². The summed E-state index contributed by atoms with van der Waals surface area (Å²) in [5.41, 5.74) is 6.73. The molecular weight excluding hydrogens is 294 g/mol. The van der Waals surface area contributed by atoms with Gasteiger partial charge in [0.15, 0.2) is 6.61 Å². The maximum atomic E-state index is 11.9. The number of nitrogens with two attached hydrogens (primary N) is 1. The van der Waals surface area contributed by atoms with Crippen LogP contribution in [0.4, 0.5) is 0 Å². The highest BCUT2D eigenvalue weighted by Gasteiger charge is 2.14. The Morgan fingerprint density at radius 2 is 2.00 bits per heavy atom. The van der Waals surface area contributed by atoms with Gasteiger partial charge in [0.05, 0.1) is 6.04 Å². The van der Waals surface area contributed by atoms with E-state index in [4.69, 9.17) is 10.5 Å². The summed E-state index contributed by atoms with van der Waals surface area (Å²) >= 11 is 0. The maximum absolute atomic E-state index is 11.9. The van der Waals surface area contributed by atoms with Crippen LogP contribution >= 0.6 is 0 Å². The van der Waals surface area contributed by atoms with Crippen molar-refractivity contribution in [3.63, 3.8) is 0 Å². The van der Waals surface area contributed by atoms with Crippen LogP contribution < -0.4 is 21.1 Å². The highest BCUT2D eigenvalue weighted by Crippen LogP contribution is 2.13. The molecule has 23 heavy (non-hydrogen) atoms. The summed E-state index contributed by atoms with van der Waals surface area (Å²) in [4.78, 5) is 23.3. The molecule has 1 aromatic rings. The third-order valence-electron chi connectivity index (χ3n) is 3.17. The van der Waals surface area contributed by atoms with E-state index in [1.807, 2.05) is 32.9 Å². The fraction of sp³-hybridized carbons (Fsp3) is 0.529. The van der Waals surface area contributed by atoms with Gasteiger partial charge in [0.1, 0.15) is 5.75 Å². The van der Waals surface area contributed by atoms with Crippen molar-refractivity contribution in [2.24, 2.45) is 11.7 Å². The van der Waals surface area contributed by atoms with E-state index in [9.17, 15) is 9.59 Å². The molecule has 0 heterocycles. The smallest absolute Gasteiger partial charge is 0.257 e. The van der Waals surface area contributed by atoms with Crippen molar-refractivity contribution in [1.29, 1.82) is 0 Å². The first kappa shape index (κ1) is 19.0. The van der Waals surface area contributed by atoms with E-state index in [-0.39, 0.29) is 18.4 Å². The summed E-state index contributed by atoms with van der Waals surface area (Å²) < 4.78 is 5.42. The minimum Gasteiger partial charge on any atom is -0.484 e. The molecule has 1 rings (SSSR count). The molecular formula is C17H27N3O3. The van der Waals surface area contributed by atoms with Gasteiger partial charge in [-0.15, -0.1) is 0 Å². The van der Waals surface area contributed by atoms with E-state index in [0.717, 1.165) is 5.56 Å². The Morgan fingerprint density at radius 3 is 2.65 bits per heavy atom. The van der Waals surface area contributed by atoms with Crippen LogP contribution in [-0.4, -0.2) is 31.0 Å². The van der Waals surface area contributed by atoms with Crippen LogP contribution in [0.1, 0.15) is 32.8 Å². The number of nitrogens with one attached hydrogen (secondary N) is 2. The number of amides is 2. The zero-order valence-electron chi connectivity index (χ0n) is 14.1. The normalized spacial score (nSPS) is 11.9. The number of rotatable bonds is 9. The van der Waals surface area contributed by atoms with E-state index >= 15 is 0 Å². The number of hydrogen-bond donors (Lipinski definition) is 3. The fourth-order valence-electron chi connectivity index (χ4n) is 2.08. The van der Waals surface area contributed by atoms with Crippen molar-refractivity contribution in [3.8, 4) is 5.75 Å². The highest BCUT2D eigenvalue weighted by molar-refractivity contribution is 5.81. The van der Waals surface area contributed by atoms with Gasteiger partial charge in [-0.1, -0.05) is 26.0 Å². The van der Waals surface area contributed by atoms with Gasteiger partial charge in [0, 0.05) is 13.1 Å². The lowest BCUT2D eigenvalue weighted by Crippen LogP contribution is -2.41. The van der Waals surface area contributed by atoms with Gasteiger partial charge >= 0.3 is 0 Å². The minimum atomic E-state index is -0.493. The molecule has 128 valence electrons. The molecule has 1 aromatic carbocycles. The van der Waals surface area contributed by atoms with Crippen LogP contribution in [0.15, 0.2) is 24.3 Å². The molecule has 1 atom stereocenters. The molecule has 0 spiro atoms. The highest BCUT2D eigenvalue weighted by atomic mass is 16.5. The van der Waals surface area contributed by atoms with Gasteiger partial charge in [-0.2, -0.15) is 0 Å². The summed E-state index contributed by atoms with van der Waals surface area (Å²) in [6.45, 7) is 6.84. The summed E-state index contributed by atoms with van der Waals surface area (Å²) in [7, 11) is 0. The molecule has 6 heteroatoms. The third-order valence-corrected chi connectivity index (χ3v) is 3.17. The van der Waals surface area contributed by atoms with Gasteiger partial charge in [-0.25, -0.2) is 0 Å². The average Bonchev–Trinajstić information content (AvgIpc) is 2.50. The topological polar surface area (TPSA) is 93.5 Å². The number of benzene rings is 1. The van der Waals surface area contributed by atoms with Crippen LogP contribution in [0.25, 0.3) is 0 Å². The molecule has 0 aliphatic carbocycles. The Balaban J connectivity index is 2.47. The number of hydrogen-bond acceptors (Lipinski definition) is 4. The molecule has 0 fully saturated rings.